The molecule has 1 saturated heterocycles. The van der Waals surface area contributed by atoms with E-state index in [0.717, 1.165) is 36.5 Å². The number of carbonyl (C=O) groups is 2. The minimum absolute atomic E-state index is 0.0350. The van der Waals surface area contributed by atoms with E-state index in [1.807, 2.05) is 29.2 Å². The Hall–Kier alpha value is -1.82. The molecule has 1 aliphatic heterocycles. The van der Waals surface area contributed by atoms with Gasteiger partial charge in [-0.15, -0.1) is 0 Å². The molecule has 1 atom stereocenters. The highest BCUT2D eigenvalue weighted by Gasteiger charge is 2.42. The van der Waals surface area contributed by atoms with Gasteiger partial charge < -0.3 is 5.32 Å². The van der Waals surface area contributed by atoms with Gasteiger partial charge in [0, 0.05) is 25.2 Å². The molecule has 3 rings (SSSR count). The average molecular weight is 374 g/mol. The molecule has 140 valence electrons. The second-order valence-corrected chi connectivity index (χ2v) is 8.46. The van der Waals surface area contributed by atoms with Crippen LogP contribution in [0.5, 0.6) is 0 Å². The zero-order valence-electron chi connectivity index (χ0n) is 15.7. The molecule has 0 bridgehead atoms. The van der Waals surface area contributed by atoms with Gasteiger partial charge in [0.1, 0.15) is 5.25 Å². The average Bonchev–Trinajstić information content (AvgIpc) is 3.23. The van der Waals surface area contributed by atoms with Crippen LogP contribution in [0.3, 0.4) is 0 Å². The lowest BCUT2D eigenvalue weighted by Crippen LogP contribution is -2.40. The van der Waals surface area contributed by atoms with Crippen molar-refractivity contribution in [2.24, 2.45) is 4.99 Å². The molecule has 1 N–H and O–H groups in total. The van der Waals surface area contributed by atoms with Crippen molar-refractivity contribution in [2.75, 3.05) is 12.4 Å². The van der Waals surface area contributed by atoms with E-state index in [4.69, 9.17) is 0 Å². The van der Waals surface area contributed by atoms with Crippen LogP contribution in [0.4, 0.5) is 5.69 Å². The van der Waals surface area contributed by atoms with E-state index in [1.165, 1.54) is 17.3 Å². The Balaban J connectivity index is 1.61. The molecule has 0 radical (unpaired) electrons. The second-order valence-electron chi connectivity index (χ2n) is 7.29. The van der Waals surface area contributed by atoms with Crippen molar-refractivity contribution in [1.29, 1.82) is 0 Å². The SMILES string of the molecule is CN=C1S[C@@H](CC(=O)Nc2ccc(C(C)C)cc2)C(=O)N1C1CCCC1. The van der Waals surface area contributed by atoms with Crippen LogP contribution >= 0.6 is 11.8 Å². The first-order valence-electron chi connectivity index (χ1n) is 9.36. The van der Waals surface area contributed by atoms with Crippen molar-refractivity contribution in [3.8, 4) is 0 Å². The lowest BCUT2D eigenvalue weighted by Gasteiger charge is -2.23. The Kier molecular flexibility index (Phi) is 6.01. The maximum absolute atomic E-state index is 12.8. The molecule has 1 aliphatic carbocycles. The molecule has 2 amide bonds. The van der Waals surface area contributed by atoms with E-state index in [1.54, 1.807) is 7.05 Å². The molecule has 1 saturated carbocycles. The molecule has 0 aromatic heterocycles. The summed E-state index contributed by atoms with van der Waals surface area (Å²) >= 11 is 1.42. The van der Waals surface area contributed by atoms with E-state index >= 15 is 0 Å². The molecule has 2 fully saturated rings. The smallest absolute Gasteiger partial charge is 0.242 e. The van der Waals surface area contributed by atoms with Gasteiger partial charge in [-0.05, 0) is 36.5 Å². The zero-order valence-corrected chi connectivity index (χ0v) is 16.5. The normalized spacial score (nSPS) is 22.6. The van der Waals surface area contributed by atoms with E-state index in [2.05, 4.69) is 24.2 Å². The highest BCUT2D eigenvalue weighted by Crippen LogP contribution is 2.35. The monoisotopic (exact) mass is 373 g/mol. The maximum atomic E-state index is 12.8. The fourth-order valence-corrected chi connectivity index (χ4v) is 4.77. The van der Waals surface area contributed by atoms with Crippen LogP contribution in [0, 0.1) is 0 Å². The number of carbonyl (C=O) groups excluding carboxylic acids is 2. The van der Waals surface area contributed by atoms with Crippen molar-refractivity contribution in [2.45, 2.75) is 63.2 Å². The molecule has 0 unspecified atom stereocenters. The molecule has 5 nitrogen and oxygen atoms in total. The summed E-state index contributed by atoms with van der Waals surface area (Å²) in [5.41, 5.74) is 2.01. The highest BCUT2D eigenvalue weighted by atomic mass is 32.2. The standard InChI is InChI=1S/C20H27N3O2S/c1-13(2)14-8-10-15(11-9-14)22-18(24)12-17-19(25)23(20(21-3)26-17)16-6-4-5-7-16/h8-11,13,16-17H,4-7,12H2,1-3H3,(H,22,24)/t17-/m0/s1. The summed E-state index contributed by atoms with van der Waals surface area (Å²) in [6, 6.07) is 8.14. The number of nitrogens with one attached hydrogen (secondary N) is 1. The third-order valence-electron chi connectivity index (χ3n) is 5.08. The minimum atomic E-state index is -0.371. The Labute approximate surface area is 159 Å². The number of benzene rings is 1. The number of nitrogens with zero attached hydrogens (tertiary/aromatic N) is 2. The van der Waals surface area contributed by atoms with Gasteiger partial charge in [0.05, 0.1) is 0 Å². The van der Waals surface area contributed by atoms with Gasteiger partial charge in [0.2, 0.25) is 11.8 Å². The van der Waals surface area contributed by atoms with Crippen LogP contribution in [-0.4, -0.2) is 40.2 Å². The number of anilines is 1. The van der Waals surface area contributed by atoms with Gasteiger partial charge in [0.25, 0.3) is 0 Å². The van der Waals surface area contributed by atoms with Crippen molar-refractivity contribution >= 4 is 34.4 Å². The third-order valence-corrected chi connectivity index (χ3v) is 6.32. The van der Waals surface area contributed by atoms with Gasteiger partial charge in [-0.25, -0.2) is 0 Å². The zero-order chi connectivity index (χ0) is 18.7. The molecule has 1 heterocycles. The van der Waals surface area contributed by atoms with E-state index in [0.29, 0.717) is 5.92 Å². The van der Waals surface area contributed by atoms with Gasteiger partial charge in [-0.3, -0.25) is 19.5 Å². The van der Waals surface area contributed by atoms with E-state index in [-0.39, 0.29) is 29.5 Å². The first kappa shape index (κ1) is 19.0. The molecule has 6 heteroatoms. The summed E-state index contributed by atoms with van der Waals surface area (Å²) in [7, 11) is 1.72. The van der Waals surface area contributed by atoms with Gasteiger partial charge in [-0.2, -0.15) is 0 Å². The number of amides is 2. The minimum Gasteiger partial charge on any atom is -0.326 e. The Morgan fingerprint density at radius 2 is 1.92 bits per heavy atom. The van der Waals surface area contributed by atoms with Crippen LogP contribution in [0.1, 0.15) is 57.4 Å². The summed E-state index contributed by atoms with van der Waals surface area (Å²) in [4.78, 5) is 31.4. The summed E-state index contributed by atoms with van der Waals surface area (Å²) in [5.74, 6) is 0.366. The number of rotatable bonds is 5. The van der Waals surface area contributed by atoms with Crippen LogP contribution in [-0.2, 0) is 9.59 Å². The molecule has 1 aromatic rings. The molecule has 1 aromatic carbocycles. The molecular formula is C20H27N3O2S. The highest BCUT2D eigenvalue weighted by molar-refractivity contribution is 8.15. The lowest BCUT2D eigenvalue weighted by atomic mass is 10.0. The van der Waals surface area contributed by atoms with Crippen molar-refractivity contribution in [1.82, 2.24) is 4.90 Å². The van der Waals surface area contributed by atoms with E-state index < -0.39 is 0 Å². The molecule has 2 aliphatic rings. The maximum Gasteiger partial charge on any atom is 0.242 e. The second kappa shape index (κ2) is 8.25. The Morgan fingerprint density at radius 3 is 2.50 bits per heavy atom. The Bertz CT molecular complexity index is 694. The van der Waals surface area contributed by atoms with Crippen LogP contribution in [0.2, 0.25) is 0 Å². The fourth-order valence-electron chi connectivity index (χ4n) is 3.60. The van der Waals surface area contributed by atoms with Gasteiger partial charge in [0.15, 0.2) is 5.17 Å². The molecule has 26 heavy (non-hydrogen) atoms. The Morgan fingerprint density at radius 1 is 1.27 bits per heavy atom. The first-order valence-corrected chi connectivity index (χ1v) is 10.2. The van der Waals surface area contributed by atoms with Crippen molar-refractivity contribution < 1.29 is 9.59 Å². The quantitative estimate of drug-likeness (QED) is 0.848. The largest absolute Gasteiger partial charge is 0.326 e. The summed E-state index contributed by atoms with van der Waals surface area (Å²) in [5, 5.41) is 3.30. The summed E-state index contributed by atoms with van der Waals surface area (Å²) in [6.45, 7) is 4.28. The fraction of sp³-hybridized carbons (Fsp3) is 0.550. The molecular weight excluding hydrogens is 346 g/mol. The van der Waals surface area contributed by atoms with E-state index in [9.17, 15) is 9.59 Å². The summed E-state index contributed by atoms with van der Waals surface area (Å²) < 4.78 is 0. The van der Waals surface area contributed by atoms with Crippen LogP contribution in [0.15, 0.2) is 29.3 Å². The predicted molar refractivity (Wildman–Crippen MR) is 108 cm³/mol. The number of hydrogen-bond donors (Lipinski definition) is 1. The number of aliphatic imine (C=N–C) groups is 1. The first-order chi connectivity index (χ1) is 12.5. The number of hydrogen-bond acceptors (Lipinski definition) is 4. The van der Waals surface area contributed by atoms with Crippen LogP contribution < -0.4 is 5.32 Å². The van der Waals surface area contributed by atoms with Crippen molar-refractivity contribution in [3.05, 3.63) is 29.8 Å². The van der Waals surface area contributed by atoms with Crippen LogP contribution in [0.25, 0.3) is 0 Å². The number of thioether (sulfide) groups is 1. The lowest BCUT2D eigenvalue weighted by molar-refractivity contribution is -0.129. The van der Waals surface area contributed by atoms with Gasteiger partial charge in [-0.1, -0.05) is 50.6 Å². The third kappa shape index (κ3) is 4.11. The predicted octanol–water partition coefficient (Wildman–Crippen LogP) is 4.01. The van der Waals surface area contributed by atoms with Gasteiger partial charge >= 0.3 is 0 Å². The number of amidine groups is 1. The molecule has 0 spiro atoms. The summed E-state index contributed by atoms with van der Waals surface area (Å²) in [6.07, 6.45) is 4.57. The van der Waals surface area contributed by atoms with Crippen molar-refractivity contribution in [3.63, 3.8) is 0 Å². The topological polar surface area (TPSA) is 61.8 Å².